The molecule has 0 aromatic heterocycles. The molecule has 0 saturated carbocycles. The zero-order valence-corrected chi connectivity index (χ0v) is 22.1. The van der Waals surface area contributed by atoms with Gasteiger partial charge in [-0.3, -0.25) is 4.79 Å². The normalized spacial score (nSPS) is 12.2. The Bertz CT molecular complexity index is 390. The molecule has 0 saturated heterocycles. The largest absolute Gasteiger partial charge is 0.303 e. The number of aldehydes is 1. The van der Waals surface area contributed by atoms with Crippen LogP contribution in [0.4, 0.5) is 0 Å². The minimum atomic E-state index is 0.283. The molecule has 0 aliphatic carbocycles. The molecular weight excluding hydrogens is 392 g/mol. The molecule has 32 heavy (non-hydrogen) atoms. The highest BCUT2D eigenvalue weighted by Crippen LogP contribution is 2.22. The number of hydrogen-bond acceptors (Lipinski definition) is 2. The van der Waals surface area contributed by atoms with Gasteiger partial charge in [-0.05, 0) is 25.7 Å². The fraction of sp³-hybridized carbons (Fsp3) is 0.933. The Balaban J connectivity index is 3.80. The van der Waals surface area contributed by atoms with Gasteiger partial charge in [0.15, 0.2) is 0 Å². The lowest BCUT2D eigenvalue weighted by molar-refractivity contribution is -0.123. The van der Waals surface area contributed by atoms with E-state index in [9.17, 15) is 9.59 Å². The molecule has 0 radical (unpaired) electrons. The average Bonchev–Trinajstić information content (AvgIpc) is 2.80. The summed E-state index contributed by atoms with van der Waals surface area (Å²) in [6, 6.07) is 0. The van der Waals surface area contributed by atoms with E-state index in [0.717, 1.165) is 51.2 Å². The van der Waals surface area contributed by atoms with Crippen LogP contribution in [0.3, 0.4) is 0 Å². The molecule has 2 heteroatoms. The lowest BCUT2D eigenvalue weighted by Crippen LogP contribution is -2.14. The van der Waals surface area contributed by atoms with Crippen molar-refractivity contribution in [1.82, 2.24) is 0 Å². The Kier molecular flexibility index (Phi) is 26.0. The third-order valence-corrected chi connectivity index (χ3v) is 7.01. The summed E-state index contributed by atoms with van der Waals surface area (Å²) in [5.41, 5.74) is 0. The Morgan fingerprint density at radius 3 is 1.34 bits per heavy atom. The maximum Gasteiger partial charge on any atom is 0.135 e. The summed E-state index contributed by atoms with van der Waals surface area (Å²) in [5, 5.41) is 0. The van der Waals surface area contributed by atoms with Crippen LogP contribution in [0.2, 0.25) is 0 Å². The van der Waals surface area contributed by atoms with Crippen molar-refractivity contribution in [2.75, 3.05) is 0 Å². The van der Waals surface area contributed by atoms with Crippen molar-refractivity contribution in [3.63, 3.8) is 0 Å². The highest BCUT2D eigenvalue weighted by atomic mass is 16.1. The highest BCUT2D eigenvalue weighted by molar-refractivity contribution is 5.80. The van der Waals surface area contributed by atoms with E-state index in [1.54, 1.807) is 0 Å². The summed E-state index contributed by atoms with van der Waals surface area (Å²) in [6.45, 7) is 4.53. The van der Waals surface area contributed by atoms with Gasteiger partial charge in [0.25, 0.3) is 0 Å². The third-order valence-electron chi connectivity index (χ3n) is 7.01. The number of Topliss-reactive ketones (excluding diaryl/α,β-unsaturated/α-hetero) is 1. The number of carbonyl (C=O) groups excluding carboxylic acids is 2. The highest BCUT2D eigenvalue weighted by Gasteiger charge is 2.17. The molecule has 1 unspecified atom stereocenters. The molecule has 0 aromatic carbocycles. The molecule has 1 atom stereocenters. The number of unbranched alkanes of at least 4 members (excludes halogenated alkanes) is 19. The Morgan fingerprint density at radius 1 is 0.531 bits per heavy atom. The lowest BCUT2D eigenvalue weighted by atomic mass is 9.88. The third kappa shape index (κ3) is 22.5. The average molecular weight is 451 g/mol. The van der Waals surface area contributed by atoms with Crippen molar-refractivity contribution in [3.05, 3.63) is 0 Å². The van der Waals surface area contributed by atoms with Crippen LogP contribution in [0.15, 0.2) is 0 Å². The van der Waals surface area contributed by atoms with Crippen LogP contribution < -0.4 is 0 Å². The smallest absolute Gasteiger partial charge is 0.135 e. The van der Waals surface area contributed by atoms with Gasteiger partial charge >= 0.3 is 0 Å². The van der Waals surface area contributed by atoms with Gasteiger partial charge in [-0.1, -0.05) is 136 Å². The molecule has 0 aliphatic heterocycles. The predicted molar refractivity (Wildman–Crippen MR) is 141 cm³/mol. The van der Waals surface area contributed by atoms with Crippen molar-refractivity contribution in [2.24, 2.45) is 5.92 Å². The first-order valence-corrected chi connectivity index (χ1v) is 14.7. The Morgan fingerprint density at radius 2 is 0.906 bits per heavy atom. The predicted octanol–water partition coefficient (Wildman–Crippen LogP) is 10.2. The van der Waals surface area contributed by atoms with E-state index in [4.69, 9.17) is 0 Å². The molecule has 0 fully saturated rings. The van der Waals surface area contributed by atoms with Crippen molar-refractivity contribution in [2.45, 2.75) is 174 Å². The zero-order valence-electron chi connectivity index (χ0n) is 22.1. The van der Waals surface area contributed by atoms with Gasteiger partial charge in [0.1, 0.15) is 12.1 Å². The van der Waals surface area contributed by atoms with Crippen molar-refractivity contribution in [1.29, 1.82) is 0 Å². The fourth-order valence-corrected chi connectivity index (χ4v) is 4.78. The molecule has 0 aromatic rings. The second-order valence-electron chi connectivity index (χ2n) is 10.2. The number of rotatable bonds is 27. The van der Waals surface area contributed by atoms with E-state index in [-0.39, 0.29) is 5.92 Å². The first-order valence-electron chi connectivity index (χ1n) is 14.7. The minimum absolute atomic E-state index is 0.283. The van der Waals surface area contributed by atoms with Gasteiger partial charge in [0.05, 0.1) is 0 Å². The maximum absolute atomic E-state index is 12.8. The van der Waals surface area contributed by atoms with Crippen LogP contribution in [0.1, 0.15) is 174 Å². The summed E-state index contributed by atoms with van der Waals surface area (Å²) in [6.07, 6.45) is 31.8. The molecule has 2 nitrogen and oxygen atoms in total. The van der Waals surface area contributed by atoms with Crippen molar-refractivity contribution >= 4 is 12.1 Å². The number of carbonyl (C=O) groups is 2. The van der Waals surface area contributed by atoms with E-state index in [0.29, 0.717) is 12.2 Å². The summed E-state index contributed by atoms with van der Waals surface area (Å²) in [4.78, 5) is 23.3. The molecule has 0 amide bonds. The molecule has 0 bridgehead atoms. The molecule has 0 spiro atoms. The molecule has 190 valence electrons. The monoisotopic (exact) mass is 450 g/mol. The molecular formula is C30H58O2. The lowest BCUT2D eigenvalue weighted by Gasteiger charge is -2.16. The fourth-order valence-electron chi connectivity index (χ4n) is 4.78. The summed E-state index contributed by atoms with van der Waals surface area (Å²) >= 11 is 0. The van der Waals surface area contributed by atoms with Gasteiger partial charge in [-0.15, -0.1) is 0 Å². The maximum atomic E-state index is 12.8. The number of hydrogen-bond donors (Lipinski definition) is 0. The summed E-state index contributed by atoms with van der Waals surface area (Å²) in [7, 11) is 0. The van der Waals surface area contributed by atoms with E-state index in [1.165, 1.54) is 109 Å². The quantitative estimate of drug-likeness (QED) is 0.0921. The summed E-state index contributed by atoms with van der Waals surface area (Å²) < 4.78 is 0. The Hall–Kier alpha value is -0.660. The van der Waals surface area contributed by atoms with E-state index >= 15 is 0 Å². The minimum Gasteiger partial charge on any atom is -0.303 e. The van der Waals surface area contributed by atoms with Crippen LogP contribution in [0.5, 0.6) is 0 Å². The van der Waals surface area contributed by atoms with Gasteiger partial charge < -0.3 is 4.79 Å². The second kappa shape index (κ2) is 26.6. The van der Waals surface area contributed by atoms with Crippen LogP contribution >= 0.6 is 0 Å². The Labute approximate surface area is 202 Å². The van der Waals surface area contributed by atoms with Gasteiger partial charge in [0, 0.05) is 18.8 Å². The van der Waals surface area contributed by atoms with Gasteiger partial charge in [0.2, 0.25) is 0 Å². The van der Waals surface area contributed by atoms with E-state index in [2.05, 4.69) is 13.8 Å². The molecule has 0 N–H and O–H groups in total. The number of ketones is 1. The van der Waals surface area contributed by atoms with Crippen LogP contribution in [0.25, 0.3) is 0 Å². The molecule has 0 aliphatic rings. The van der Waals surface area contributed by atoms with Gasteiger partial charge in [-0.2, -0.15) is 0 Å². The van der Waals surface area contributed by atoms with Crippen molar-refractivity contribution in [3.8, 4) is 0 Å². The SMILES string of the molecule is CCCCCCCCCCCCCCCC(=O)C(CCCCCC=O)CCCCCCC. The van der Waals surface area contributed by atoms with Crippen LogP contribution in [0, 0.1) is 5.92 Å². The zero-order chi connectivity index (χ0) is 23.5. The standard InChI is InChI=1S/C30H58O2/c1-3-5-7-9-10-11-12-13-14-15-16-18-23-27-30(32)29(25-21-17-8-6-4-2)26-22-19-20-24-28-31/h28-29H,3-27H2,1-2H3. The second-order valence-corrected chi connectivity index (χ2v) is 10.2. The summed E-state index contributed by atoms with van der Waals surface area (Å²) in [5.74, 6) is 0.809. The molecule has 0 rings (SSSR count). The van der Waals surface area contributed by atoms with Crippen LogP contribution in [-0.2, 0) is 9.59 Å². The van der Waals surface area contributed by atoms with E-state index < -0.39 is 0 Å². The van der Waals surface area contributed by atoms with Crippen LogP contribution in [-0.4, -0.2) is 12.1 Å². The van der Waals surface area contributed by atoms with Gasteiger partial charge in [-0.25, -0.2) is 0 Å². The molecule has 0 heterocycles. The van der Waals surface area contributed by atoms with E-state index in [1.807, 2.05) is 0 Å². The first kappa shape index (κ1) is 31.3. The van der Waals surface area contributed by atoms with Crippen molar-refractivity contribution < 1.29 is 9.59 Å². The topological polar surface area (TPSA) is 34.1 Å². The first-order chi connectivity index (χ1) is 15.8.